The van der Waals surface area contributed by atoms with E-state index in [1.807, 2.05) is 24.3 Å². The zero-order valence-electron chi connectivity index (χ0n) is 16.1. The molecule has 29 heavy (non-hydrogen) atoms. The van der Waals surface area contributed by atoms with Crippen LogP contribution in [0.25, 0.3) is 10.9 Å². The van der Waals surface area contributed by atoms with E-state index in [4.69, 9.17) is 9.72 Å². The third-order valence-corrected chi connectivity index (χ3v) is 5.24. The molecule has 1 amide bonds. The number of nitrogens with zero attached hydrogens (tertiary/aromatic N) is 1. The van der Waals surface area contributed by atoms with Crippen LogP contribution >= 0.6 is 0 Å². The highest BCUT2D eigenvalue weighted by molar-refractivity contribution is 6.06. The van der Waals surface area contributed by atoms with Crippen molar-refractivity contribution < 1.29 is 19.4 Å². The van der Waals surface area contributed by atoms with E-state index in [0.29, 0.717) is 28.2 Å². The average molecular weight is 390 g/mol. The van der Waals surface area contributed by atoms with Crippen molar-refractivity contribution in [1.82, 2.24) is 10.3 Å². The van der Waals surface area contributed by atoms with Crippen LogP contribution in [0.2, 0.25) is 0 Å². The van der Waals surface area contributed by atoms with Crippen molar-refractivity contribution in [1.29, 1.82) is 0 Å². The Morgan fingerprint density at radius 2 is 1.93 bits per heavy atom. The third kappa shape index (κ3) is 4.06. The second kappa shape index (κ2) is 7.91. The van der Waals surface area contributed by atoms with Crippen LogP contribution in [0.4, 0.5) is 0 Å². The number of rotatable bonds is 7. The van der Waals surface area contributed by atoms with Crippen LogP contribution in [0.3, 0.4) is 0 Å². The molecule has 1 heterocycles. The molecule has 1 aromatic heterocycles. The second-order valence-electron chi connectivity index (χ2n) is 7.26. The number of carboxylic acid groups (broad SMARTS) is 1. The van der Waals surface area contributed by atoms with Crippen LogP contribution in [0, 0.1) is 0 Å². The van der Waals surface area contributed by atoms with Crippen molar-refractivity contribution in [3.63, 3.8) is 0 Å². The Labute approximate surface area is 168 Å². The fraction of sp³-hybridized carbons (Fsp3) is 0.261. The largest absolute Gasteiger partial charge is 0.497 e. The molecule has 1 unspecified atom stereocenters. The first-order chi connectivity index (χ1) is 14.1. The van der Waals surface area contributed by atoms with E-state index < -0.39 is 11.9 Å². The summed E-state index contributed by atoms with van der Waals surface area (Å²) in [7, 11) is 1.57. The summed E-state index contributed by atoms with van der Waals surface area (Å²) in [5, 5.41) is 13.1. The molecule has 6 nitrogen and oxygen atoms in total. The third-order valence-electron chi connectivity index (χ3n) is 5.24. The van der Waals surface area contributed by atoms with E-state index in [9.17, 15) is 14.7 Å². The lowest BCUT2D eigenvalue weighted by Gasteiger charge is -2.15. The topological polar surface area (TPSA) is 88.5 Å². The number of amides is 1. The normalized spacial score (nSPS) is 14.4. The van der Waals surface area contributed by atoms with Gasteiger partial charge in [0.05, 0.1) is 24.1 Å². The highest BCUT2D eigenvalue weighted by Gasteiger charge is 2.27. The van der Waals surface area contributed by atoms with Gasteiger partial charge in [-0.2, -0.15) is 0 Å². The van der Waals surface area contributed by atoms with E-state index in [1.165, 1.54) is 0 Å². The van der Waals surface area contributed by atoms with Gasteiger partial charge in [-0.15, -0.1) is 0 Å². The molecule has 0 spiro atoms. The number of hydrogen-bond acceptors (Lipinski definition) is 4. The molecule has 1 saturated carbocycles. The van der Waals surface area contributed by atoms with Crippen molar-refractivity contribution in [3.05, 3.63) is 71.4 Å². The standard InChI is InChI=1S/C23H22N2O4/c1-29-16-9-10-20-17(11-16)18(12-21(25-20)15-7-8-15)22(26)24-13-19(23(27)28)14-5-3-2-4-6-14/h2-6,9-12,15,19H,7-8,13H2,1H3,(H,24,26)(H,27,28). The lowest BCUT2D eigenvalue weighted by molar-refractivity contribution is -0.138. The summed E-state index contributed by atoms with van der Waals surface area (Å²) in [5.74, 6) is -1.07. The minimum absolute atomic E-state index is 0.00469. The predicted octanol–water partition coefficient (Wildman–Crippen LogP) is 3.72. The summed E-state index contributed by atoms with van der Waals surface area (Å²) in [4.78, 5) is 29.5. The molecule has 0 bridgehead atoms. The van der Waals surface area contributed by atoms with Gasteiger partial charge in [0.1, 0.15) is 5.75 Å². The molecule has 1 fully saturated rings. The number of carbonyl (C=O) groups is 2. The van der Waals surface area contributed by atoms with Gasteiger partial charge in [0.25, 0.3) is 5.91 Å². The molecule has 0 radical (unpaired) electrons. The van der Waals surface area contributed by atoms with Crippen molar-refractivity contribution in [3.8, 4) is 5.75 Å². The molecule has 148 valence electrons. The molecule has 4 rings (SSSR count). The summed E-state index contributed by atoms with van der Waals surface area (Å²) in [6.07, 6.45) is 2.15. The number of methoxy groups -OCH3 is 1. The molecule has 0 aliphatic heterocycles. The molecular weight excluding hydrogens is 368 g/mol. The van der Waals surface area contributed by atoms with Crippen LogP contribution in [0.15, 0.2) is 54.6 Å². The van der Waals surface area contributed by atoms with Gasteiger partial charge in [0.2, 0.25) is 0 Å². The summed E-state index contributed by atoms with van der Waals surface area (Å²) in [6.45, 7) is 0.00469. The highest BCUT2D eigenvalue weighted by atomic mass is 16.5. The molecule has 2 aromatic carbocycles. The monoisotopic (exact) mass is 390 g/mol. The fourth-order valence-electron chi connectivity index (χ4n) is 3.45. The molecule has 1 aliphatic rings. The molecule has 0 saturated heterocycles. The van der Waals surface area contributed by atoms with Gasteiger partial charge in [-0.1, -0.05) is 30.3 Å². The van der Waals surface area contributed by atoms with Gasteiger partial charge in [-0.3, -0.25) is 14.6 Å². The quantitative estimate of drug-likeness (QED) is 0.642. The van der Waals surface area contributed by atoms with Crippen LogP contribution in [0.5, 0.6) is 5.75 Å². The Morgan fingerprint density at radius 3 is 2.59 bits per heavy atom. The molecule has 1 aliphatic carbocycles. The number of benzene rings is 2. The molecular formula is C23H22N2O4. The van der Waals surface area contributed by atoms with Gasteiger partial charge >= 0.3 is 5.97 Å². The minimum Gasteiger partial charge on any atom is -0.497 e. The van der Waals surface area contributed by atoms with Gasteiger partial charge < -0.3 is 15.2 Å². The van der Waals surface area contributed by atoms with E-state index in [2.05, 4.69) is 5.32 Å². The first kappa shape index (κ1) is 18.9. The molecule has 2 N–H and O–H groups in total. The van der Waals surface area contributed by atoms with Crippen molar-refractivity contribution >= 4 is 22.8 Å². The molecule has 6 heteroatoms. The maximum absolute atomic E-state index is 13.0. The highest BCUT2D eigenvalue weighted by Crippen LogP contribution is 2.40. The smallest absolute Gasteiger partial charge is 0.312 e. The van der Waals surface area contributed by atoms with Gasteiger partial charge in [-0.05, 0) is 42.7 Å². The number of aliphatic carboxylic acids is 1. The second-order valence-corrected chi connectivity index (χ2v) is 7.26. The number of ether oxygens (including phenoxy) is 1. The summed E-state index contributed by atoms with van der Waals surface area (Å²) in [6, 6.07) is 16.2. The lowest BCUT2D eigenvalue weighted by atomic mass is 9.99. The van der Waals surface area contributed by atoms with Gasteiger partial charge in [0.15, 0.2) is 0 Å². The Balaban J connectivity index is 1.64. The van der Waals surface area contributed by atoms with Gasteiger partial charge in [-0.25, -0.2) is 0 Å². The van der Waals surface area contributed by atoms with E-state index in [0.717, 1.165) is 24.1 Å². The average Bonchev–Trinajstić information content (AvgIpc) is 3.58. The first-order valence-electron chi connectivity index (χ1n) is 9.61. The fourth-order valence-corrected chi connectivity index (χ4v) is 3.45. The van der Waals surface area contributed by atoms with Crippen molar-refractivity contribution in [2.24, 2.45) is 0 Å². The van der Waals surface area contributed by atoms with E-state index in [1.54, 1.807) is 37.4 Å². The summed E-state index contributed by atoms with van der Waals surface area (Å²) < 4.78 is 5.30. The number of nitrogens with one attached hydrogen (secondary N) is 1. The maximum Gasteiger partial charge on any atom is 0.312 e. The summed E-state index contributed by atoms with van der Waals surface area (Å²) in [5.41, 5.74) is 2.79. The number of carboxylic acids is 1. The Bertz CT molecular complexity index is 1060. The Hall–Kier alpha value is -3.41. The predicted molar refractivity (Wildman–Crippen MR) is 109 cm³/mol. The van der Waals surface area contributed by atoms with Crippen molar-refractivity contribution in [2.75, 3.05) is 13.7 Å². The molecule has 1 atom stereocenters. The lowest BCUT2D eigenvalue weighted by Crippen LogP contribution is -2.32. The van der Waals surface area contributed by atoms with E-state index >= 15 is 0 Å². The minimum atomic E-state index is -0.976. The first-order valence-corrected chi connectivity index (χ1v) is 9.61. The Morgan fingerprint density at radius 1 is 1.17 bits per heavy atom. The summed E-state index contributed by atoms with van der Waals surface area (Å²) >= 11 is 0. The van der Waals surface area contributed by atoms with E-state index in [-0.39, 0.29) is 12.5 Å². The van der Waals surface area contributed by atoms with Crippen LogP contribution in [-0.4, -0.2) is 35.6 Å². The number of hydrogen-bond donors (Lipinski definition) is 2. The zero-order chi connectivity index (χ0) is 20.4. The number of carbonyl (C=O) groups excluding carboxylic acids is 1. The SMILES string of the molecule is COc1ccc2nc(C3CC3)cc(C(=O)NCC(C(=O)O)c3ccccc3)c2c1. The zero-order valence-corrected chi connectivity index (χ0v) is 16.1. The number of pyridine rings is 1. The maximum atomic E-state index is 13.0. The molecule has 3 aromatic rings. The van der Waals surface area contributed by atoms with Crippen molar-refractivity contribution in [2.45, 2.75) is 24.7 Å². The van der Waals surface area contributed by atoms with Crippen LogP contribution in [-0.2, 0) is 4.79 Å². The van der Waals surface area contributed by atoms with Gasteiger partial charge in [0, 0.05) is 23.5 Å². The van der Waals surface area contributed by atoms with Crippen LogP contribution < -0.4 is 10.1 Å². The number of fused-ring (bicyclic) bond motifs is 1. The Kier molecular flexibility index (Phi) is 5.16. The van der Waals surface area contributed by atoms with Crippen LogP contribution in [0.1, 0.15) is 46.3 Å². The number of aromatic nitrogens is 1.